The number of nitrogens with zero attached hydrogens (tertiary/aromatic N) is 3. The van der Waals surface area contributed by atoms with Gasteiger partial charge in [-0.3, -0.25) is 9.20 Å². The van der Waals surface area contributed by atoms with Gasteiger partial charge in [-0.1, -0.05) is 6.92 Å². The molecule has 0 unspecified atom stereocenters. The van der Waals surface area contributed by atoms with E-state index in [-0.39, 0.29) is 17.7 Å². The number of hydrogen-bond acceptors (Lipinski definition) is 5. The minimum absolute atomic E-state index is 0.216. The van der Waals surface area contributed by atoms with Gasteiger partial charge in [-0.2, -0.15) is 0 Å². The third-order valence-corrected chi connectivity index (χ3v) is 3.42. The molecule has 23 heavy (non-hydrogen) atoms. The van der Waals surface area contributed by atoms with E-state index in [1.165, 1.54) is 0 Å². The van der Waals surface area contributed by atoms with Crippen LogP contribution in [0.4, 0.5) is 0 Å². The molecule has 3 heterocycles. The Balaban J connectivity index is 1.76. The van der Waals surface area contributed by atoms with Crippen LogP contribution in [0.15, 0.2) is 41.2 Å². The van der Waals surface area contributed by atoms with Gasteiger partial charge in [0, 0.05) is 24.7 Å². The second-order valence-electron chi connectivity index (χ2n) is 4.98. The summed E-state index contributed by atoms with van der Waals surface area (Å²) in [7, 11) is 0. The second-order valence-corrected chi connectivity index (χ2v) is 4.98. The van der Waals surface area contributed by atoms with Gasteiger partial charge in [0.15, 0.2) is 5.76 Å². The smallest absolute Gasteiger partial charge is 0.287 e. The van der Waals surface area contributed by atoms with Gasteiger partial charge in [0.2, 0.25) is 5.78 Å². The number of carbonyl (C=O) groups is 1. The number of nitrogens with one attached hydrogen (secondary N) is 1. The van der Waals surface area contributed by atoms with Crippen molar-refractivity contribution < 1.29 is 13.9 Å². The zero-order valence-corrected chi connectivity index (χ0v) is 13.0. The fraction of sp³-hybridized carbons (Fsp3) is 0.312. The van der Waals surface area contributed by atoms with Crippen LogP contribution >= 0.6 is 0 Å². The van der Waals surface area contributed by atoms with E-state index in [1.54, 1.807) is 18.3 Å². The molecule has 0 saturated carbocycles. The molecule has 1 amide bonds. The van der Waals surface area contributed by atoms with Crippen LogP contribution in [0.25, 0.3) is 5.78 Å². The van der Waals surface area contributed by atoms with E-state index < -0.39 is 0 Å². The predicted octanol–water partition coefficient (Wildman–Crippen LogP) is 2.60. The number of carbonyl (C=O) groups excluding carboxylic acids is 1. The molecule has 0 saturated heterocycles. The van der Waals surface area contributed by atoms with Crippen molar-refractivity contribution in [3.63, 3.8) is 0 Å². The van der Waals surface area contributed by atoms with Crippen LogP contribution in [0.2, 0.25) is 0 Å². The Labute approximate surface area is 133 Å². The van der Waals surface area contributed by atoms with Crippen molar-refractivity contribution in [3.8, 4) is 5.95 Å². The second kappa shape index (κ2) is 6.51. The van der Waals surface area contributed by atoms with Crippen LogP contribution in [-0.4, -0.2) is 26.9 Å². The molecule has 0 aliphatic carbocycles. The molecular weight excluding hydrogens is 296 g/mol. The third kappa shape index (κ3) is 3.18. The molecule has 0 aliphatic rings. The Hall–Kier alpha value is -2.83. The summed E-state index contributed by atoms with van der Waals surface area (Å²) in [6.07, 6.45) is 6.12. The van der Waals surface area contributed by atoms with Crippen LogP contribution in [-0.2, 0) is 0 Å². The number of hydrogen-bond donors (Lipinski definition) is 1. The lowest BCUT2D eigenvalue weighted by atomic mass is 10.1. The SMILES string of the molecule is CCOc1ccc(C(=O)N[C@@H](CC)c2cn3cccnc3n2)o1. The highest BCUT2D eigenvalue weighted by Gasteiger charge is 2.19. The summed E-state index contributed by atoms with van der Waals surface area (Å²) >= 11 is 0. The number of aromatic nitrogens is 3. The van der Waals surface area contributed by atoms with Crippen molar-refractivity contribution in [2.75, 3.05) is 6.61 Å². The highest BCUT2D eigenvalue weighted by atomic mass is 16.6. The van der Waals surface area contributed by atoms with Crippen LogP contribution < -0.4 is 10.1 Å². The maximum atomic E-state index is 12.3. The Morgan fingerprint density at radius 1 is 1.43 bits per heavy atom. The van der Waals surface area contributed by atoms with Crippen LogP contribution in [0.3, 0.4) is 0 Å². The fourth-order valence-corrected chi connectivity index (χ4v) is 2.29. The Bertz CT molecular complexity index is 775. The van der Waals surface area contributed by atoms with E-state index in [1.807, 2.05) is 36.7 Å². The number of fused-ring (bicyclic) bond motifs is 1. The van der Waals surface area contributed by atoms with Crippen molar-refractivity contribution in [2.24, 2.45) is 0 Å². The molecule has 0 aromatic carbocycles. The maximum absolute atomic E-state index is 12.3. The van der Waals surface area contributed by atoms with Crippen molar-refractivity contribution in [3.05, 3.63) is 48.2 Å². The first-order chi connectivity index (χ1) is 11.2. The third-order valence-electron chi connectivity index (χ3n) is 3.42. The van der Waals surface area contributed by atoms with Crippen LogP contribution in [0.1, 0.15) is 42.6 Å². The van der Waals surface area contributed by atoms with Crippen LogP contribution in [0, 0.1) is 0 Å². The molecule has 3 rings (SSSR count). The first kappa shape index (κ1) is 15.1. The number of imidazole rings is 1. The molecule has 7 nitrogen and oxygen atoms in total. The first-order valence-electron chi connectivity index (χ1n) is 7.54. The summed E-state index contributed by atoms with van der Waals surface area (Å²) in [6, 6.07) is 4.84. The maximum Gasteiger partial charge on any atom is 0.287 e. The Morgan fingerprint density at radius 3 is 3.04 bits per heavy atom. The van der Waals surface area contributed by atoms with E-state index in [4.69, 9.17) is 9.15 Å². The van der Waals surface area contributed by atoms with E-state index in [0.717, 1.165) is 5.69 Å². The van der Waals surface area contributed by atoms with Gasteiger partial charge in [-0.05, 0) is 25.5 Å². The lowest BCUT2D eigenvalue weighted by Gasteiger charge is -2.13. The molecule has 120 valence electrons. The number of rotatable bonds is 6. The first-order valence-corrected chi connectivity index (χ1v) is 7.54. The monoisotopic (exact) mass is 314 g/mol. The fourth-order valence-electron chi connectivity index (χ4n) is 2.29. The average Bonchev–Trinajstić information content (AvgIpc) is 3.19. The van der Waals surface area contributed by atoms with Crippen molar-refractivity contribution >= 4 is 11.7 Å². The lowest BCUT2D eigenvalue weighted by Crippen LogP contribution is -2.28. The van der Waals surface area contributed by atoms with Gasteiger partial charge < -0.3 is 14.5 Å². The van der Waals surface area contributed by atoms with Gasteiger partial charge in [-0.15, -0.1) is 0 Å². The Kier molecular flexibility index (Phi) is 4.27. The minimum Gasteiger partial charge on any atom is -0.465 e. The molecule has 1 atom stereocenters. The zero-order valence-electron chi connectivity index (χ0n) is 13.0. The summed E-state index contributed by atoms with van der Waals surface area (Å²) in [5, 5.41) is 2.92. The Morgan fingerprint density at radius 2 is 2.30 bits per heavy atom. The predicted molar refractivity (Wildman–Crippen MR) is 83.4 cm³/mol. The highest BCUT2D eigenvalue weighted by Crippen LogP contribution is 2.19. The molecular formula is C16H18N4O3. The minimum atomic E-state index is -0.298. The van der Waals surface area contributed by atoms with Gasteiger partial charge in [-0.25, -0.2) is 9.97 Å². The molecule has 3 aromatic rings. The summed E-state index contributed by atoms with van der Waals surface area (Å²) < 4.78 is 12.4. The van der Waals surface area contributed by atoms with Gasteiger partial charge >= 0.3 is 0 Å². The number of ether oxygens (including phenoxy) is 1. The quantitative estimate of drug-likeness (QED) is 0.756. The van der Waals surface area contributed by atoms with Crippen molar-refractivity contribution in [1.29, 1.82) is 0 Å². The van der Waals surface area contributed by atoms with Gasteiger partial charge in [0.05, 0.1) is 18.3 Å². The largest absolute Gasteiger partial charge is 0.465 e. The van der Waals surface area contributed by atoms with E-state index >= 15 is 0 Å². The molecule has 0 fully saturated rings. The molecule has 1 N–H and O–H groups in total. The van der Waals surface area contributed by atoms with Crippen LogP contribution in [0.5, 0.6) is 5.95 Å². The normalized spacial score (nSPS) is 12.3. The standard InChI is InChI=1S/C16H18N4O3/c1-3-11(12-10-20-9-5-8-17-16(20)19-12)18-15(21)13-6-7-14(23-13)22-4-2/h5-11H,3-4H2,1-2H3,(H,18,21)/t11-/m0/s1. The number of amides is 1. The van der Waals surface area contributed by atoms with Gasteiger partial charge in [0.1, 0.15) is 0 Å². The van der Waals surface area contributed by atoms with Gasteiger partial charge in [0.25, 0.3) is 11.9 Å². The van der Waals surface area contributed by atoms with E-state index in [0.29, 0.717) is 24.8 Å². The molecule has 0 spiro atoms. The topological polar surface area (TPSA) is 81.7 Å². The molecule has 0 radical (unpaired) electrons. The van der Waals surface area contributed by atoms with Crippen molar-refractivity contribution in [1.82, 2.24) is 19.7 Å². The van der Waals surface area contributed by atoms with E-state index in [2.05, 4.69) is 15.3 Å². The summed E-state index contributed by atoms with van der Waals surface area (Å²) in [5.41, 5.74) is 0.760. The van der Waals surface area contributed by atoms with E-state index in [9.17, 15) is 4.79 Å². The molecule has 0 bridgehead atoms. The lowest BCUT2D eigenvalue weighted by molar-refractivity contribution is 0.0898. The molecule has 0 aliphatic heterocycles. The zero-order chi connectivity index (χ0) is 16.2. The summed E-state index contributed by atoms with van der Waals surface area (Å²) in [4.78, 5) is 20.9. The average molecular weight is 314 g/mol. The van der Waals surface area contributed by atoms with Crippen molar-refractivity contribution in [2.45, 2.75) is 26.3 Å². The molecule has 3 aromatic heterocycles. The molecule has 7 heteroatoms. The number of furan rings is 1. The summed E-state index contributed by atoms with van der Waals surface area (Å²) in [5.74, 6) is 0.857. The highest BCUT2D eigenvalue weighted by molar-refractivity contribution is 5.91. The summed E-state index contributed by atoms with van der Waals surface area (Å²) in [6.45, 7) is 4.32.